The fourth-order valence-corrected chi connectivity index (χ4v) is 1.82. The highest BCUT2D eigenvalue weighted by molar-refractivity contribution is 5.96. The summed E-state index contributed by atoms with van der Waals surface area (Å²) in [6, 6.07) is 3.72. The van der Waals surface area contributed by atoms with Crippen molar-refractivity contribution in [2.24, 2.45) is 10.9 Å². The van der Waals surface area contributed by atoms with Gasteiger partial charge in [0, 0.05) is 37.9 Å². The van der Waals surface area contributed by atoms with Crippen molar-refractivity contribution in [3.05, 3.63) is 23.9 Å². The molecule has 1 saturated heterocycles. The molecule has 0 atom stereocenters. The van der Waals surface area contributed by atoms with Crippen LogP contribution in [0.1, 0.15) is 5.56 Å². The third-order valence-electron chi connectivity index (χ3n) is 2.98. The number of nitrogens with two attached hydrogens (primary N) is 1. The Balaban J connectivity index is 2.08. The van der Waals surface area contributed by atoms with Crippen LogP contribution in [0.25, 0.3) is 0 Å². The van der Waals surface area contributed by atoms with E-state index < -0.39 is 0 Å². The largest absolute Gasteiger partial charge is 0.409 e. The molecule has 0 aromatic carbocycles. The molecule has 2 heterocycles. The number of likely N-dealkylation sites (N-methyl/N-ethyl adjacent to an activating group) is 1. The van der Waals surface area contributed by atoms with Gasteiger partial charge in [-0.3, -0.25) is 0 Å². The highest BCUT2D eigenvalue weighted by atomic mass is 16.4. The van der Waals surface area contributed by atoms with E-state index in [1.807, 2.05) is 12.1 Å². The Bertz CT molecular complexity index is 395. The van der Waals surface area contributed by atoms with Crippen LogP contribution in [0.15, 0.2) is 23.5 Å². The second kappa shape index (κ2) is 5.01. The number of nitrogens with zero attached hydrogens (tertiary/aromatic N) is 4. The molecule has 2 rings (SSSR count). The fraction of sp³-hybridized carbons (Fsp3) is 0.455. The van der Waals surface area contributed by atoms with E-state index >= 15 is 0 Å². The Kier molecular flexibility index (Phi) is 3.43. The molecule has 0 aliphatic carbocycles. The zero-order chi connectivity index (χ0) is 12.3. The lowest BCUT2D eigenvalue weighted by Crippen LogP contribution is -2.44. The van der Waals surface area contributed by atoms with Gasteiger partial charge in [-0.2, -0.15) is 0 Å². The second-order valence-electron chi connectivity index (χ2n) is 4.18. The first-order chi connectivity index (χ1) is 8.20. The van der Waals surface area contributed by atoms with Gasteiger partial charge in [-0.1, -0.05) is 5.16 Å². The van der Waals surface area contributed by atoms with Crippen LogP contribution in [0.2, 0.25) is 0 Å². The van der Waals surface area contributed by atoms with Gasteiger partial charge in [0.05, 0.1) is 0 Å². The van der Waals surface area contributed by atoms with Gasteiger partial charge in [0.2, 0.25) is 0 Å². The molecule has 92 valence electrons. The third kappa shape index (κ3) is 2.65. The minimum absolute atomic E-state index is 0.0856. The van der Waals surface area contributed by atoms with Crippen LogP contribution in [-0.4, -0.2) is 54.2 Å². The van der Waals surface area contributed by atoms with Gasteiger partial charge in [0.25, 0.3) is 0 Å². The summed E-state index contributed by atoms with van der Waals surface area (Å²) in [6.07, 6.45) is 1.63. The van der Waals surface area contributed by atoms with Crippen LogP contribution in [-0.2, 0) is 0 Å². The number of piperazine rings is 1. The molecule has 6 heteroatoms. The van der Waals surface area contributed by atoms with Crippen molar-refractivity contribution in [3.63, 3.8) is 0 Å². The lowest BCUT2D eigenvalue weighted by atomic mass is 10.2. The van der Waals surface area contributed by atoms with Gasteiger partial charge in [-0.05, 0) is 19.2 Å². The SMILES string of the molecule is CN1CCN(c2ccc(/C(N)=N/O)cn2)CC1. The van der Waals surface area contributed by atoms with Gasteiger partial charge >= 0.3 is 0 Å². The van der Waals surface area contributed by atoms with Crippen molar-refractivity contribution < 1.29 is 5.21 Å². The van der Waals surface area contributed by atoms with Crippen molar-refractivity contribution in [2.45, 2.75) is 0 Å². The van der Waals surface area contributed by atoms with Gasteiger partial charge in [0.1, 0.15) is 5.82 Å². The summed E-state index contributed by atoms with van der Waals surface area (Å²) in [5, 5.41) is 11.5. The Morgan fingerprint density at radius 1 is 1.35 bits per heavy atom. The number of aromatic nitrogens is 1. The van der Waals surface area contributed by atoms with Crippen molar-refractivity contribution in [2.75, 3.05) is 38.1 Å². The number of hydrogen-bond donors (Lipinski definition) is 2. The number of oxime groups is 1. The predicted octanol–water partition coefficient (Wildman–Crippen LogP) is -0.0721. The van der Waals surface area contributed by atoms with E-state index in [-0.39, 0.29) is 5.84 Å². The van der Waals surface area contributed by atoms with E-state index in [1.165, 1.54) is 0 Å². The Morgan fingerprint density at radius 2 is 2.06 bits per heavy atom. The molecule has 1 aromatic rings. The summed E-state index contributed by atoms with van der Waals surface area (Å²) in [4.78, 5) is 8.86. The van der Waals surface area contributed by atoms with E-state index in [1.54, 1.807) is 6.20 Å². The van der Waals surface area contributed by atoms with Gasteiger partial charge in [0.15, 0.2) is 5.84 Å². The molecule has 1 aliphatic heterocycles. The summed E-state index contributed by atoms with van der Waals surface area (Å²) >= 11 is 0. The minimum Gasteiger partial charge on any atom is -0.409 e. The van der Waals surface area contributed by atoms with Crippen LogP contribution >= 0.6 is 0 Å². The topological polar surface area (TPSA) is 78.0 Å². The van der Waals surface area contributed by atoms with Gasteiger partial charge in [-0.15, -0.1) is 0 Å². The molecule has 0 saturated carbocycles. The molecular weight excluding hydrogens is 218 g/mol. The molecule has 6 nitrogen and oxygen atoms in total. The van der Waals surface area contributed by atoms with E-state index in [9.17, 15) is 0 Å². The van der Waals surface area contributed by atoms with E-state index in [4.69, 9.17) is 10.9 Å². The van der Waals surface area contributed by atoms with E-state index in [0.717, 1.165) is 32.0 Å². The Morgan fingerprint density at radius 3 is 2.59 bits per heavy atom. The lowest BCUT2D eigenvalue weighted by molar-refractivity contribution is 0.312. The summed E-state index contributed by atoms with van der Waals surface area (Å²) < 4.78 is 0. The van der Waals surface area contributed by atoms with Crippen molar-refractivity contribution in [1.82, 2.24) is 9.88 Å². The minimum atomic E-state index is 0.0856. The monoisotopic (exact) mass is 235 g/mol. The highest BCUT2D eigenvalue weighted by Crippen LogP contribution is 2.13. The zero-order valence-electron chi connectivity index (χ0n) is 9.87. The molecular formula is C11H17N5O. The fourth-order valence-electron chi connectivity index (χ4n) is 1.82. The van der Waals surface area contributed by atoms with Crippen LogP contribution in [0.5, 0.6) is 0 Å². The number of anilines is 1. The van der Waals surface area contributed by atoms with Crippen molar-refractivity contribution >= 4 is 11.7 Å². The molecule has 1 fully saturated rings. The third-order valence-corrected chi connectivity index (χ3v) is 2.98. The van der Waals surface area contributed by atoms with Gasteiger partial charge in [-0.25, -0.2) is 4.98 Å². The second-order valence-corrected chi connectivity index (χ2v) is 4.18. The molecule has 1 aromatic heterocycles. The molecule has 0 amide bonds. The molecule has 3 N–H and O–H groups in total. The van der Waals surface area contributed by atoms with Crippen LogP contribution in [0.3, 0.4) is 0 Å². The first-order valence-electron chi connectivity index (χ1n) is 5.58. The summed E-state index contributed by atoms with van der Waals surface area (Å²) in [5.74, 6) is 1.02. The Hall–Kier alpha value is -1.82. The first-order valence-corrected chi connectivity index (χ1v) is 5.58. The van der Waals surface area contributed by atoms with E-state index in [2.05, 4.69) is 27.0 Å². The number of rotatable bonds is 2. The maximum Gasteiger partial charge on any atom is 0.171 e. The molecule has 0 spiro atoms. The summed E-state index contributed by atoms with van der Waals surface area (Å²) in [7, 11) is 2.12. The van der Waals surface area contributed by atoms with Gasteiger partial charge < -0.3 is 20.7 Å². The maximum absolute atomic E-state index is 8.55. The number of pyridine rings is 1. The lowest BCUT2D eigenvalue weighted by Gasteiger charge is -2.33. The summed E-state index contributed by atoms with van der Waals surface area (Å²) in [5.41, 5.74) is 6.11. The average molecular weight is 235 g/mol. The molecule has 0 bridgehead atoms. The molecule has 17 heavy (non-hydrogen) atoms. The predicted molar refractivity (Wildman–Crippen MR) is 66.5 cm³/mol. The van der Waals surface area contributed by atoms with Crippen LogP contribution < -0.4 is 10.6 Å². The quantitative estimate of drug-likeness (QED) is 0.325. The zero-order valence-corrected chi connectivity index (χ0v) is 9.87. The smallest absolute Gasteiger partial charge is 0.171 e. The van der Waals surface area contributed by atoms with E-state index in [0.29, 0.717) is 5.56 Å². The van der Waals surface area contributed by atoms with Crippen LogP contribution in [0.4, 0.5) is 5.82 Å². The molecule has 0 radical (unpaired) electrons. The number of amidine groups is 1. The maximum atomic E-state index is 8.55. The summed E-state index contributed by atoms with van der Waals surface area (Å²) in [6.45, 7) is 4.05. The molecule has 1 aliphatic rings. The van der Waals surface area contributed by atoms with Crippen molar-refractivity contribution in [3.8, 4) is 0 Å². The highest BCUT2D eigenvalue weighted by Gasteiger charge is 2.15. The average Bonchev–Trinajstić information content (AvgIpc) is 2.39. The van der Waals surface area contributed by atoms with Crippen molar-refractivity contribution in [1.29, 1.82) is 0 Å². The Labute approximate surface area is 100 Å². The number of hydrogen-bond acceptors (Lipinski definition) is 5. The van der Waals surface area contributed by atoms with Crippen LogP contribution in [0, 0.1) is 0 Å². The molecule has 0 unspecified atom stereocenters. The standard InChI is InChI=1S/C11H17N5O/c1-15-4-6-16(7-5-15)10-3-2-9(8-13-10)11(12)14-17/h2-3,8,17H,4-7H2,1H3,(H2,12,14). The first kappa shape index (κ1) is 11.7. The normalized spacial score (nSPS) is 18.4.